The van der Waals surface area contributed by atoms with Crippen LogP contribution in [0.2, 0.25) is 0 Å². The minimum Gasteiger partial charge on any atom is -0.481 e. The molecule has 1 aliphatic rings. The molecule has 0 aliphatic heterocycles. The maximum Gasteiger partial charge on any atom is 0.303 e. The van der Waals surface area contributed by atoms with E-state index in [0.29, 0.717) is 13.0 Å². The maximum atomic E-state index is 12.3. The lowest BCUT2D eigenvalue weighted by molar-refractivity contribution is -0.141. The molecular weight excluding hydrogens is 230 g/mol. The number of hydrogen-bond acceptors (Lipinski definition) is 2. The number of amides is 1. The van der Waals surface area contributed by atoms with E-state index in [1.54, 1.807) is 0 Å². The summed E-state index contributed by atoms with van der Waals surface area (Å²) in [4.78, 5) is 25.1. The Bertz CT molecular complexity index is 306. The van der Waals surface area contributed by atoms with Crippen molar-refractivity contribution in [3.05, 3.63) is 0 Å². The van der Waals surface area contributed by atoms with E-state index in [0.717, 1.165) is 25.7 Å². The SMILES string of the molecule is CCN(C(=O)CC1(CC(=O)O)CCCC1)C(C)C. The molecule has 1 saturated carbocycles. The van der Waals surface area contributed by atoms with Gasteiger partial charge in [0, 0.05) is 19.0 Å². The molecule has 1 amide bonds. The summed E-state index contributed by atoms with van der Waals surface area (Å²) in [7, 11) is 0. The Morgan fingerprint density at radius 2 is 1.78 bits per heavy atom. The quantitative estimate of drug-likeness (QED) is 0.793. The summed E-state index contributed by atoms with van der Waals surface area (Å²) >= 11 is 0. The average Bonchev–Trinajstić information content (AvgIpc) is 2.65. The maximum absolute atomic E-state index is 12.3. The summed E-state index contributed by atoms with van der Waals surface area (Å²) in [6.07, 6.45) is 4.38. The predicted octanol–water partition coefficient (Wildman–Crippen LogP) is 2.67. The second-order valence-corrected chi connectivity index (χ2v) is 5.73. The number of aliphatic carboxylic acids is 1. The summed E-state index contributed by atoms with van der Waals surface area (Å²) < 4.78 is 0. The van der Waals surface area contributed by atoms with E-state index in [-0.39, 0.29) is 23.8 Å². The molecule has 1 rings (SSSR count). The number of hydrogen-bond donors (Lipinski definition) is 1. The van der Waals surface area contributed by atoms with E-state index in [2.05, 4.69) is 0 Å². The second kappa shape index (κ2) is 6.21. The van der Waals surface area contributed by atoms with E-state index in [4.69, 9.17) is 5.11 Å². The Balaban J connectivity index is 2.71. The van der Waals surface area contributed by atoms with E-state index in [1.165, 1.54) is 0 Å². The summed E-state index contributed by atoms with van der Waals surface area (Å²) in [5.41, 5.74) is -0.286. The van der Waals surface area contributed by atoms with Crippen LogP contribution in [0.5, 0.6) is 0 Å². The summed E-state index contributed by atoms with van der Waals surface area (Å²) in [6.45, 7) is 6.66. The monoisotopic (exact) mass is 255 g/mol. The normalized spacial score (nSPS) is 18.0. The van der Waals surface area contributed by atoms with Crippen LogP contribution >= 0.6 is 0 Å². The van der Waals surface area contributed by atoms with Crippen LogP contribution < -0.4 is 0 Å². The van der Waals surface area contributed by atoms with Crippen molar-refractivity contribution < 1.29 is 14.7 Å². The van der Waals surface area contributed by atoms with Crippen molar-refractivity contribution in [1.29, 1.82) is 0 Å². The highest BCUT2D eigenvalue weighted by Crippen LogP contribution is 2.44. The zero-order valence-electron chi connectivity index (χ0n) is 11.7. The van der Waals surface area contributed by atoms with Gasteiger partial charge in [0.2, 0.25) is 5.91 Å². The first-order valence-corrected chi connectivity index (χ1v) is 6.91. The number of carbonyl (C=O) groups excluding carboxylic acids is 1. The van der Waals surface area contributed by atoms with Gasteiger partial charge in [0.1, 0.15) is 0 Å². The highest BCUT2D eigenvalue weighted by Gasteiger charge is 2.39. The Morgan fingerprint density at radius 1 is 1.22 bits per heavy atom. The molecule has 1 fully saturated rings. The van der Waals surface area contributed by atoms with Gasteiger partial charge in [-0.1, -0.05) is 12.8 Å². The van der Waals surface area contributed by atoms with Crippen LogP contribution in [0, 0.1) is 5.41 Å². The van der Waals surface area contributed by atoms with Gasteiger partial charge in [-0.15, -0.1) is 0 Å². The smallest absolute Gasteiger partial charge is 0.303 e. The van der Waals surface area contributed by atoms with Crippen molar-refractivity contribution in [2.75, 3.05) is 6.54 Å². The zero-order chi connectivity index (χ0) is 13.8. The molecule has 0 aromatic heterocycles. The van der Waals surface area contributed by atoms with Crippen LogP contribution in [-0.2, 0) is 9.59 Å². The van der Waals surface area contributed by atoms with Crippen LogP contribution in [0.3, 0.4) is 0 Å². The largest absolute Gasteiger partial charge is 0.481 e. The highest BCUT2D eigenvalue weighted by atomic mass is 16.4. The van der Waals surface area contributed by atoms with Gasteiger partial charge >= 0.3 is 5.97 Å². The van der Waals surface area contributed by atoms with Crippen LogP contribution in [0.25, 0.3) is 0 Å². The molecule has 1 N–H and O–H groups in total. The van der Waals surface area contributed by atoms with Crippen molar-refractivity contribution in [3.63, 3.8) is 0 Å². The third-order valence-corrected chi connectivity index (χ3v) is 4.00. The van der Waals surface area contributed by atoms with Gasteiger partial charge in [0.05, 0.1) is 6.42 Å². The van der Waals surface area contributed by atoms with Gasteiger partial charge in [0.15, 0.2) is 0 Å². The Morgan fingerprint density at radius 3 is 2.17 bits per heavy atom. The third kappa shape index (κ3) is 3.72. The lowest BCUT2D eigenvalue weighted by Crippen LogP contribution is -2.40. The third-order valence-electron chi connectivity index (χ3n) is 4.00. The Labute approximate surface area is 109 Å². The number of rotatable bonds is 6. The summed E-state index contributed by atoms with van der Waals surface area (Å²) in [6, 6.07) is 0.186. The summed E-state index contributed by atoms with van der Waals surface area (Å²) in [5.74, 6) is -0.673. The molecule has 0 aromatic rings. The standard InChI is InChI=1S/C14H25NO3/c1-4-15(11(2)3)12(16)9-14(10-13(17)18)7-5-6-8-14/h11H,4-10H2,1-3H3,(H,17,18). The van der Waals surface area contributed by atoms with Crippen molar-refractivity contribution >= 4 is 11.9 Å². The Hall–Kier alpha value is -1.06. The number of nitrogens with zero attached hydrogens (tertiary/aromatic N) is 1. The van der Waals surface area contributed by atoms with Crippen LogP contribution in [0.1, 0.15) is 59.3 Å². The topological polar surface area (TPSA) is 57.6 Å². The molecule has 4 heteroatoms. The first-order chi connectivity index (χ1) is 8.40. The minimum absolute atomic E-state index is 0.107. The van der Waals surface area contributed by atoms with Crippen LogP contribution in [0.4, 0.5) is 0 Å². The van der Waals surface area contributed by atoms with Crippen molar-refractivity contribution in [2.24, 2.45) is 5.41 Å². The molecule has 104 valence electrons. The van der Waals surface area contributed by atoms with E-state index in [9.17, 15) is 9.59 Å². The van der Waals surface area contributed by atoms with Crippen molar-refractivity contribution in [2.45, 2.75) is 65.3 Å². The first-order valence-electron chi connectivity index (χ1n) is 6.91. The molecule has 18 heavy (non-hydrogen) atoms. The molecule has 0 aromatic carbocycles. The van der Waals surface area contributed by atoms with E-state index >= 15 is 0 Å². The number of carboxylic acids is 1. The van der Waals surface area contributed by atoms with Gasteiger partial charge < -0.3 is 10.0 Å². The molecule has 4 nitrogen and oxygen atoms in total. The zero-order valence-corrected chi connectivity index (χ0v) is 11.7. The average molecular weight is 255 g/mol. The predicted molar refractivity (Wildman–Crippen MR) is 70.3 cm³/mol. The highest BCUT2D eigenvalue weighted by molar-refractivity contribution is 5.78. The fourth-order valence-electron chi connectivity index (χ4n) is 3.11. The van der Waals surface area contributed by atoms with Gasteiger partial charge in [0.25, 0.3) is 0 Å². The minimum atomic E-state index is -0.780. The van der Waals surface area contributed by atoms with Crippen LogP contribution in [0.15, 0.2) is 0 Å². The Kier molecular flexibility index (Phi) is 5.17. The fraction of sp³-hybridized carbons (Fsp3) is 0.857. The van der Waals surface area contributed by atoms with Crippen molar-refractivity contribution in [1.82, 2.24) is 4.90 Å². The summed E-state index contributed by atoms with van der Waals surface area (Å²) in [5, 5.41) is 9.03. The molecule has 0 heterocycles. The van der Waals surface area contributed by atoms with Gasteiger partial charge in [-0.3, -0.25) is 9.59 Å². The van der Waals surface area contributed by atoms with Crippen LogP contribution in [-0.4, -0.2) is 34.5 Å². The molecule has 0 radical (unpaired) electrons. The molecule has 0 unspecified atom stereocenters. The number of carboxylic acid groups (broad SMARTS) is 1. The van der Waals surface area contributed by atoms with E-state index in [1.807, 2.05) is 25.7 Å². The van der Waals surface area contributed by atoms with Gasteiger partial charge in [-0.05, 0) is 39.0 Å². The fourth-order valence-corrected chi connectivity index (χ4v) is 3.11. The van der Waals surface area contributed by atoms with E-state index < -0.39 is 5.97 Å². The first kappa shape index (κ1) is 15.0. The molecule has 0 spiro atoms. The molecule has 0 atom stereocenters. The lowest BCUT2D eigenvalue weighted by Gasteiger charge is -2.32. The molecular formula is C14H25NO3. The number of carbonyl (C=O) groups is 2. The molecule has 0 saturated heterocycles. The molecule has 1 aliphatic carbocycles. The van der Waals surface area contributed by atoms with Gasteiger partial charge in [-0.25, -0.2) is 0 Å². The second-order valence-electron chi connectivity index (χ2n) is 5.73. The van der Waals surface area contributed by atoms with Gasteiger partial charge in [-0.2, -0.15) is 0 Å². The molecule has 0 bridgehead atoms. The van der Waals surface area contributed by atoms with Crippen molar-refractivity contribution in [3.8, 4) is 0 Å². The lowest BCUT2D eigenvalue weighted by atomic mass is 9.79.